The molecule has 4 N–H and O–H groups in total. The molecule has 7 heterocycles. The number of nitrogens with zero attached hydrogens (tertiary/aromatic N) is 9. The minimum atomic E-state index is -0.982. The first-order valence-electron chi connectivity index (χ1n) is 20.1. The number of piperidine rings is 3. The van der Waals surface area contributed by atoms with E-state index in [-0.39, 0.29) is 48.0 Å². The van der Waals surface area contributed by atoms with Gasteiger partial charge in [0, 0.05) is 69.5 Å². The minimum Gasteiger partial charge on any atom is -0.368 e. The van der Waals surface area contributed by atoms with Gasteiger partial charge in [-0.25, -0.2) is 4.79 Å². The number of aromatic nitrogens is 3. The molecule has 1 aromatic heterocycles. The predicted octanol–water partition coefficient (Wildman–Crippen LogP) is 1.13. The van der Waals surface area contributed by atoms with Crippen molar-refractivity contribution >= 4 is 58.7 Å². The number of hydrogen-bond acceptors (Lipinski definition) is 13. The number of likely N-dealkylation sites (tertiary alicyclic amines) is 1. The average molecular weight is 789 g/mol. The maximum atomic E-state index is 13.3. The third-order valence-corrected chi connectivity index (χ3v) is 13.4. The molecule has 7 amide bonds. The molecule has 0 bridgehead atoms. The number of anilines is 4. The van der Waals surface area contributed by atoms with Crippen LogP contribution in [-0.4, -0.2) is 147 Å². The molecule has 4 atom stereocenters. The number of benzene rings is 2. The van der Waals surface area contributed by atoms with Gasteiger partial charge in [-0.2, -0.15) is 4.98 Å². The second-order valence-electron chi connectivity index (χ2n) is 16.6. The van der Waals surface area contributed by atoms with Crippen molar-refractivity contribution in [2.24, 2.45) is 11.7 Å². The van der Waals surface area contributed by atoms with Gasteiger partial charge in [-0.15, -0.1) is 10.2 Å². The lowest BCUT2D eigenvalue weighted by Gasteiger charge is -2.61. The van der Waals surface area contributed by atoms with Crippen molar-refractivity contribution in [3.8, 4) is 0 Å². The maximum absolute atomic E-state index is 13.3. The number of likely N-dealkylation sites (N-methyl/N-ethyl adjacent to an activating group) is 1. The van der Waals surface area contributed by atoms with E-state index in [1.54, 1.807) is 17.0 Å². The minimum absolute atomic E-state index is 0.0375. The Morgan fingerprint density at radius 2 is 1.62 bits per heavy atom. The molecule has 1 saturated carbocycles. The van der Waals surface area contributed by atoms with Gasteiger partial charge in [0.15, 0.2) is 11.5 Å². The Hall–Kier alpha value is -6.17. The first kappa shape index (κ1) is 36.2. The molecular formula is C40H44N12O6. The number of imide groups is 2. The summed E-state index contributed by atoms with van der Waals surface area (Å²) < 4.78 is 0. The van der Waals surface area contributed by atoms with Gasteiger partial charge >= 0.3 is 6.03 Å². The molecular weight excluding hydrogens is 745 g/mol. The summed E-state index contributed by atoms with van der Waals surface area (Å²) in [5.41, 5.74) is 9.07. The summed E-state index contributed by atoms with van der Waals surface area (Å²) in [5.74, 6) is -1.20. The van der Waals surface area contributed by atoms with Crippen molar-refractivity contribution in [2.75, 3.05) is 68.0 Å². The van der Waals surface area contributed by atoms with E-state index in [1.807, 2.05) is 30.1 Å². The average Bonchev–Trinajstić information content (AvgIpc) is 3.64. The number of nitrogens with one attached hydrogen (secondary N) is 2. The number of hydrogen-bond donors (Lipinski definition) is 3. The molecule has 3 aromatic rings. The number of urea groups is 1. The normalized spacial score (nSPS) is 26.3. The van der Waals surface area contributed by atoms with Gasteiger partial charge in [0.1, 0.15) is 6.04 Å². The summed E-state index contributed by atoms with van der Waals surface area (Å²) in [6.07, 6.45) is 3.20. The molecule has 58 heavy (non-hydrogen) atoms. The van der Waals surface area contributed by atoms with Crippen molar-refractivity contribution in [1.82, 2.24) is 40.1 Å². The number of carbonyl (C=O) groups excluding carboxylic acids is 6. The highest BCUT2D eigenvalue weighted by atomic mass is 16.2. The molecule has 0 spiro atoms. The van der Waals surface area contributed by atoms with E-state index < -0.39 is 35.6 Å². The van der Waals surface area contributed by atoms with E-state index in [1.165, 1.54) is 5.56 Å². The largest absolute Gasteiger partial charge is 0.368 e. The van der Waals surface area contributed by atoms with Crippen LogP contribution in [-0.2, 0) is 9.59 Å². The number of nitrogens with two attached hydrogens (primary N) is 1. The van der Waals surface area contributed by atoms with Crippen LogP contribution in [0.3, 0.4) is 0 Å². The first-order chi connectivity index (χ1) is 28.0. The van der Waals surface area contributed by atoms with Crippen LogP contribution in [0.1, 0.15) is 74.8 Å². The van der Waals surface area contributed by atoms with Gasteiger partial charge in [-0.1, -0.05) is 12.1 Å². The van der Waals surface area contributed by atoms with E-state index in [4.69, 9.17) is 10.7 Å². The van der Waals surface area contributed by atoms with E-state index in [0.29, 0.717) is 35.9 Å². The SMILES string of the molecule is CN1CCN(C2CC3CN(c4nnc(C(N)=O)c(Nc5ccc(C6CCN(C7CN(c8ccc9c(c8)C(=O)N(C8CCC(=O)NC8=O)C9=O)C7)CC6)cc5)n4)C32)C1=O. The van der Waals surface area contributed by atoms with Crippen LogP contribution in [0.15, 0.2) is 42.5 Å². The number of carbonyl (C=O) groups is 6. The second kappa shape index (κ2) is 13.7. The molecule has 6 fully saturated rings. The Balaban J connectivity index is 0.732. The molecule has 10 rings (SSSR count). The summed E-state index contributed by atoms with van der Waals surface area (Å²) in [7, 11) is 1.82. The van der Waals surface area contributed by atoms with Crippen molar-refractivity contribution < 1.29 is 28.8 Å². The molecule has 18 heteroatoms. The van der Waals surface area contributed by atoms with Gasteiger partial charge in [0.2, 0.25) is 17.8 Å². The second-order valence-corrected chi connectivity index (χ2v) is 16.6. The van der Waals surface area contributed by atoms with E-state index >= 15 is 0 Å². The van der Waals surface area contributed by atoms with Gasteiger partial charge in [-0.05, 0) is 80.6 Å². The summed E-state index contributed by atoms with van der Waals surface area (Å²) >= 11 is 0. The Labute approximate surface area is 333 Å². The zero-order valence-electron chi connectivity index (χ0n) is 32.0. The summed E-state index contributed by atoms with van der Waals surface area (Å²) in [6.45, 7) is 5.74. The molecule has 2 aromatic carbocycles. The molecule has 5 saturated heterocycles. The summed E-state index contributed by atoms with van der Waals surface area (Å²) in [6, 6.07) is 13.1. The summed E-state index contributed by atoms with van der Waals surface area (Å²) in [4.78, 5) is 91.6. The monoisotopic (exact) mass is 788 g/mol. The van der Waals surface area contributed by atoms with E-state index in [2.05, 4.69) is 47.7 Å². The molecule has 4 unspecified atom stereocenters. The lowest BCUT2D eigenvalue weighted by Crippen LogP contribution is -2.74. The Morgan fingerprint density at radius 3 is 2.31 bits per heavy atom. The van der Waals surface area contributed by atoms with Crippen molar-refractivity contribution in [3.63, 3.8) is 0 Å². The van der Waals surface area contributed by atoms with E-state index in [9.17, 15) is 28.8 Å². The van der Waals surface area contributed by atoms with Crippen molar-refractivity contribution in [3.05, 3.63) is 64.8 Å². The summed E-state index contributed by atoms with van der Waals surface area (Å²) in [5, 5.41) is 13.9. The van der Waals surface area contributed by atoms with Crippen LogP contribution in [0.4, 0.5) is 27.9 Å². The third kappa shape index (κ3) is 5.91. The van der Waals surface area contributed by atoms with Gasteiger partial charge in [0.05, 0.1) is 23.2 Å². The third-order valence-electron chi connectivity index (χ3n) is 13.4. The number of fused-ring (bicyclic) bond motifs is 2. The van der Waals surface area contributed by atoms with Crippen LogP contribution in [0.25, 0.3) is 0 Å². The number of amides is 7. The van der Waals surface area contributed by atoms with Crippen LogP contribution in [0, 0.1) is 5.92 Å². The lowest BCUT2D eigenvalue weighted by molar-refractivity contribution is -0.136. The smallest absolute Gasteiger partial charge is 0.320 e. The first-order valence-corrected chi connectivity index (χ1v) is 20.1. The lowest BCUT2D eigenvalue weighted by atomic mass is 9.66. The highest BCUT2D eigenvalue weighted by Gasteiger charge is 2.58. The number of rotatable bonds is 9. The topological polar surface area (TPSA) is 211 Å². The highest BCUT2D eigenvalue weighted by Crippen LogP contribution is 2.47. The van der Waals surface area contributed by atoms with Crippen molar-refractivity contribution in [1.29, 1.82) is 0 Å². The Bertz CT molecular complexity index is 2260. The van der Waals surface area contributed by atoms with Crippen LogP contribution in [0.2, 0.25) is 0 Å². The van der Waals surface area contributed by atoms with Crippen LogP contribution < -0.4 is 26.2 Å². The zero-order valence-corrected chi connectivity index (χ0v) is 32.0. The zero-order chi connectivity index (χ0) is 40.0. The quantitative estimate of drug-likeness (QED) is 0.260. The Morgan fingerprint density at radius 1 is 0.862 bits per heavy atom. The Kier molecular flexibility index (Phi) is 8.58. The molecule has 0 radical (unpaired) electrons. The maximum Gasteiger partial charge on any atom is 0.320 e. The van der Waals surface area contributed by atoms with Gasteiger partial charge < -0.3 is 30.7 Å². The standard InChI is InChI=1S/C40H44N12O6/c1-47-14-15-50(40(47)58)30-16-23-18-51(33(23)30)39-44-35(32(34(41)54)45-46-39)42-24-4-2-21(3-5-24)22-10-12-48(13-11-22)26-19-49(20-26)25-6-7-27-28(17-25)38(57)52(37(27)56)29-8-9-31(53)43-36(29)55/h2-7,17,22-23,26,29-30,33H,8-16,18-20H2,1H3,(H2,41,54)(H,42,44,46)(H,43,53,55). The molecule has 6 aliphatic heterocycles. The van der Waals surface area contributed by atoms with E-state index in [0.717, 1.165) is 74.8 Å². The van der Waals surface area contributed by atoms with Gasteiger partial charge in [0.25, 0.3) is 17.7 Å². The van der Waals surface area contributed by atoms with Crippen LogP contribution in [0.5, 0.6) is 0 Å². The van der Waals surface area contributed by atoms with Crippen molar-refractivity contribution in [2.45, 2.75) is 62.2 Å². The van der Waals surface area contributed by atoms with Gasteiger partial charge in [-0.3, -0.25) is 39.1 Å². The number of primary amides is 1. The fourth-order valence-electron chi connectivity index (χ4n) is 9.91. The molecule has 300 valence electrons. The fraction of sp³-hybridized carbons (Fsp3) is 0.475. The molecule has 7 aliphatic rings. The predicted molar refractivity (Wildman–Crippen MR) is 208 cm³/mol. The fourth-order valence-corrected chi connectivity index (χ4v) is 9.91. The van der Waals surface area contributed by atoms with Crippen LogP contribution >= 0.6 is 0 Å². The molecule has 18 nitrogen and oxygen atoms in total. The highest BCUT2D eigenvalue weighted by molar-refractivity contribution is 6.23. The molecule has 1 aliphatic carbocycles.